The topological polar surface area (TPSA) is 55.6 Å². The highest BCUT2D eigenvalue weighted by molar-refractivity contribution is 5.81. The molecule has 0 aliphatic carbocycles. The van der Waals surface area contributed by atoms with Gasteiger partial charge in [0.2, 0.25) is 0 Å². The molecule has 0 radical (unpaired) electrons. The minimum atomic E-state index is -0.303. The lowest BCUT2D eigenvalue weighted by Crippen LogP contribution is -2.47. The Morgan fingerprint density at radius 2 is 2.11 bits per heavy atom. The number of benzene rings is 1. The van der Waals surface area contributed by atoms with E-state index in [-0.39, 0.29) is 12.0 Å². The van der Waals surface area contributed by atoms with Crippen LogP contribution in [0, 0.1) is 6.92 Å². The van der Waals surface area contributed by atoms with Crippen LogP contribution in [-0.4, -0.2) is 36.6 Å². The predicted molar refractivity (Wildman–Crippen MR) is 74.6 cm³/mol. The molecule has 0 saturated carbocycles. The number of aryl methyl sites for hydroxylation is 1. The van der Waals surface area contributed by atoms with Crippen molar-refractivity contribution in [1.29, 1.82) is 0 Å². The number of ether oxygens (including phenoxy) is 1. The molecule has 1 aliphatic rings. The van der Waals surface area contributed by atoms with Gasteiger partial charge in [-0.2, -0.15) is 0 Å². The van der Waals surface area contributed by atoms with Gasteiger partial charge in [-0.25, -0.2) is 0 Å². The molecule has 4 nitrogen and oxygen atoms in total. The van der Waals surface area contributed by atoms with Crippen molar-refractivity contribution in [3.63, 3.8) is 0 Å². The summed E-state index contributed by atoms with van der Waals surface area (Å²) < 4.78 is 5.53. The van der Waals surface area contributed by atoms with Gasteiger partial charge in [0.25, 0.3) is 5.91 Å². The highest BCUT2D eigenvalue weighted by Crippen LogP contribution is 2.15. The number of hydrogen-bond acceptors (Lipinski definition) is 3. The zero-order chi connectivity index (χ0) is 13.7. The Bertz CT molecular complexity index is 417. The van der Waals surface area contributed by atoms with Gasteiger partial charge in [-0.05, 0) is 31.9 Å². The summed E-state index contributed by atoms with van der Waals surface area (Å²) in [6.45, 7) is 4.62. The first kappa shape index (κ1) is 14.0. The van der Waals surface area contributed by atoms with Gasteiger partial charge in [0.05, 0.1) is 6.61 Å². The second kappa shape index (κ2) is 6.68. The van der Waals surface area contributed by atoms with Crippen LogP contribution in [0.5, 0.6) is 0 Å². The number of morpholine rings is 1. The van der Waals surface area contributed by atoms with Crippen LogP contribution in [0.4, 0.5) is 0 Å². The molecule has 1 saturated heterocycles. The fraction of sp³-hybridized carbons (Fsp3) is 0.533. The summed E-state index contributed by atoms with van der Waals surface area (Å²) in [7, 11) is 0. The maximum atomic E-state index is 12.3. The first-order chi connectivity index (χ1) is 9.20. The van der Waals surface area contributed by atoms with E-state index in [1.165, 1.54) is 11.1 Å². The molecule has 1 atom stereocenters. The predicted octanol–water partition coefficient (Wildman–Crippen LogP) is 1.46. The van der Waals surface area contributed by atoms with Crippen molar-refractivity contribution in [2.24, 2.45) is 5.73 Å². The van der Waals surface area contributed by atoms with E-state index < -0.39 is 0 Å². The van der Waals surface area contributed by atoms with Gasteiger partial charge in [-0.1, -0.05) is 29.8 Å². The molecule has 1 aromatic rings. The fourth-order valence-electron chi connectivity index (χ4n) is 2.27. The molecule has 104 valence electrons. The van der Waals surface area contributed by atoms with Gasteiger partial charge in [-0.3, -0.25) is 4.79 Å². The average Bonchev–Trinajstić information content (AvgIpc) is 2.42. The molecule has 1 unspecified atom stereocenters. The standard InChI is InChI=1S/C15H22N2O2/c1-12-4-6-13(7-5-12)11-17-9-10-19-14(15(17)18)3-2-8-16/h4-7,14H,2-3,8-11,16H2,1H3. The lowest BCUT2D eigenvalue weighted by atomic mass is 10.1. The van der Waals surface area contributed by atoms with Crippen molar-refractivity contribution >= 4 is 5.91 Å². The van der Waals surface area contributed by atoms with Crippen LogP contribution in [0.15, 0.2) is 24.3 Å². The summed E-state index contributed by atoms with van der Waals surface area (Å²) in [5.41, 5.74) is 7.88. The summed E-state index contributed by atoms with van der Waals surface area (Å²) >= 11 is 0. The number of rotatable bonds is 5. The van der Waals surface area contributed by atoms with E-state index in [2.05, 4.69) is 31.2 Å². The van der Waals surface area contributed by atoms with Crippen molar-refractivity contribution in [3.8, 4) is 0 Å². The normalized spacial score (nSPS) is 19.8. The second-order valence-electron chi connectivity index (χ2n) is 5.04. The fourth-order valence-corrected chi connectivity index (χ4v) is 2.27. The highest BCUT2D eigenvalue weighted by Gasteiger charge is 2.28. The molecule has 1 aromatic carbocycles. The highest BCUT2D eigenvalue weighted by atomic mass is 16.5. The number of amides is 1. The lowest BCUT2D eigenvalue weighted by Gasteiger charge is -2.32. The molecular formula is C15H22N2O2. The number of carbonyl (C=O) groups excluding carboxylic acids is 1. The summed E-state index contributed by atoms with van der Waals surface area (Å²) in [4.78, 5) is 14.1. The maximum Gasteiger partial charge on any atom is 0.252 e. The monoisotopic (exact) mass is 262 g/mol. The van der Waals surface area contributed by atoms with Gasteiger partial charge in [0.15, 0.2) is 0 Å². The van der Waals surface area contributed by atoms with Crippen LogP contribution in [0.3, 0.4) is 0 Å². The van der Waals surface area contributed by atoms with Crippen molar-refractivity contribution in [2.75, 3.05) is 19.7 Å². The molecule has 4 heteroatoms. The molecular weight excluding hydrogens is 240 g/mol. The Morgan fingerprint density at radius 3 is 2.79 bits per heavy atom. The van der Waals surface area contributed by atoms with Gasteiger partial charge in [0.1, 0.15) is 6.10 Å². The average molecular weight is 262 g/mol. The molecule has 1 aliphatic heterocycles. The molecule has 2 N–H and O–H groups in total. The molecule has 1 fully saturated rings. The summed E-state index contributed by atoms with van der Waals surface area (Å²) in [5, 5.41) is 0. The van der Waals surface area contributed by atoms with Crippen molar-refractivity contribution in [1.82, 2.24) is 4.90 Å². The molecule has 1 heterocycles. The third kappa shape index (κ3) is 3.78. The molecule has 1 amide bonds. The summed E-state index contributed by atoms with van der Waals surface area (Å²) in [5.74, 6) is 0.0975. The Morgan fingerprint density at radius 1 is 1.37 bits per heavy atom. The van der Waals surface area contributed by atoms with Crippen LogP contribution >= 0.6 is 0 Å². The first-order valence-electron chi connectivity index (χ1n) is 6.86. The van der Waals surface area contributed by atoms with E-state index in [4.69, 9.17) is 10.5 Å². The number of carbonyl (C=O) groups is 1. The number of nitrogens with zero attached hydrogens (tertiary/aromatic N) is 1. The Balaban J connectivity index is 1.95. The van der Waals surface area contributed by atoms with Gasteiger partial charge in [-0.15, -0.1) is 0 Å². The van der Waals surface area contributed by atoms with Gasteiger partial charge < -0.3 is 15.4 Å². The Labute approximate surface area is 114 Å². The SMILES string of the molecule is Cc1ccc(CN2CCOC(CCCN)C2=O)cc1. The first-order valence-corrected chi connectivity index (χ1v) is 6.86. The zero-order valence-electron chi connectivity index (χ0n) is 11.5. The largest absolute Gasteiger partial charge is 0.367 e. The molecule has 0 spiro atoms. The van der Waals surface area contributed by atoms with Crippen molar-refractivity contribution in [3.05, 3.63) is 35.4 Å². The van der Waals surface area contributed by atoms with Crippen LogP contribution in [-0.2, 0) is 16.1 Å². The van der Waals surface area contributed by atoms with E-state index in [1.807, 2.05) is 4.90 Å². The molecule has 19 heavy (non-hydrogen) atoms. The zero-order valence-corrected chi connectivity index (χ0v) is 11.5. The lowest BCUT2D eigenvalue weighted by molar-refractivity contribution is -0.154. The van der Waals surface area contributed by atoms with Crippen LogP contribution < -0.4 is 5.73 Å². The van der Waals surface area contributed by atoms with Crippen LogP contribution in [0.25, 0.3) is 0 Å². The van der Waals surface area contributed by atoms with Crippen molar-refractivity contribution < 1.29 is 9.53 Å². The van der Waals surface area contributed by atoms with E-state index in [0.717, 1.165) is 12.8 Å². The maximum absolute atomic E-state index is 12.3. The minimum absolute atomic E-state index is 0.0975. The Kier molecular flexibility index (Phi) is 4.93. The van der Waals surface area contributed by atoms with E-state index in [9.17, 15) is 4.79 Å². The van der Waals surface area contributed by atoms with E-state index in [0.29, 0.717) is 26.2 Å². The second-order valence-corrected chi connectivity index (χ2v) is 5.04. The minimum Gasteiger partial charge on any atom is -0.367 e. The number of nitrogens with two attached hydrogens (primary N) is 1. The number of hydrogen-bond donors (Lipinski definition) is 1. The summed E-state index contributed by atoms with van der Waals surface area (Å²) in [6, 6.07) is 8.30. The van der Waals surface area contributed by atoms with Crippen molar-refractivity contribution in [2.45, 2.75) is 32.4 Å². The molecule has 2 rings (SSSR count). The third-order valence-corrected chi connectivity index (χ3v) is 3.43. The summed E-state index contributed by atoms with van der Waals surface area (Å²) in [6.07, 6.45) is 1.25. The third-order valence-electron chi connectivity index (χ3n) is 3.43. The molecule has 0 aromatic heterocycles. The van der Waals surface area contributed by atoms with Crippen LogP contribution in [0.1, 0.15) is 24.0 Å². The quantitative estimate of drug-likeness (QED) is 0.874. The van der Waals surface area contributed by atoms with E-state index >= 15 is 0 Å². The van der Waals surface area contributed by atoms with Gasteiger partial charge >= 0.3 is 0 Å². The van der Waals surface area contributed by atoms with E-state index in [1.54, 1.807) is 0 Å². The van der Waals surface area contributed by atoms with Crippen LogP contribution in [0.2, 0.25) is 0 Å². The Hall–Kier alpha value is -1.39. The van der Waals surface area contributed by atoms with Gasteiger partial charge in [0, 0.05) is 13.1 Å². The molecule has 0 bridgehead atoms. The smallest absolute Gasteiger partial charge is 0.252 e.